The molecular weight excluding hydrogens is 310 g/mol. The number of carbonyl (C=O) groups is 1. The van der Waals surface area contributed by atoms with Gasteiger partial charge in [0, 0.05) is 0 Å². The van der Waals surface area contributed by atoms with Crippen molar-refractivity contribution in [2.75, 3.05) is 13.7 Å². The maximum Gasteiger partial charge on any atom is 0.360 e. The van der Waals surface area contributed by atoms with E-state index in [1.807, 2.05) is 0 Å². The topological polar surface area (TPSA) is 125 Å². The van der Waals surface area contributed by atoms with Gasteiger partial charge in [-0.25, -0.2) is 9.48 Å². The zero-order valence-electron chi connectivity index (χ0n) is 12.9. The molecule has 23 heavy (non-hydrogen) atoms. The first-order valence-corrected chi connectivity index (χ1v) is 7.16. The monoisotopic (exact) mass is 329 g/mol. The number of esters is 1. The van der Waals surface area contributed by atoms with Crippen LogP contribution in [0.4, 0.5) is 0 Å². The van der Waals surface area contributed by atoms with E-state index in [9.17, 15) is 15.0 Å². The minimum Gasteiger partial charge on any atom is -0.464 e. The molecule has 0 aromatic carbocycles. The number of aliphatic hydroxyl groups excluding tert-OH is 2. The lowest BCUT2D eigenvalue weighted by atomic mass is 10.0. The normalized spacial score (nSPS) is 33.4. The van der Waals surface area contributed by atoms with Crippen LogP contribution in [0.2, 0.25) is 0 Å². The first kappa shape index (κ1) is 16.3. The second-order valence-electron chi connectivity index (χ2n) is 5.89. The highest BCUT2D eigenvalue weighted by Crippen LogP contribution is 2.43. The van der Waals surface area contributed by atoms with Crippen LogP contribution in [0.5, 0.6) is 0 Å². The van der Waals surface area contributed by atoms with E-state index in [-0.39, 0.29) is 5.69 Å². The Morgan fingerprint density at radius 2 is 2.26 bits per heavy atom. The summed E-state index contributed by atoms with van der Waals surface area (Å²) in [5.74, 6) is -1.48. The molecule has 0 radical (unpaired) electrons. The van der Waals surface area contributed by atoms with Gasteiger partial charge in [0.05, 0.1) is 19.9 Å². The van der Waals surface area contributed by atoms with Crippen LogP contribution in [0.25, 0.3) is 0 Å². The summed E-state index contributed by atoms with van der Waals surface area (Å²) in [5.41, 5.74) is 0.0198. The highest BCUT2D eigenvalue weighted by Gasteiger charge is 2.57. The summed E-state index contributed by atoms with van der Waals surface area (Å²) >= 11 is 0. The van der Waals surface area contributed by atoms with E-state index in [0.717, 1.165) is 0 Å². The molecule has 1 aromatic rings. The third kappa shape index (κ3) is 2.83. The van der Waals surface area contributed by atoms with Crippen LogP contribution in [-0.4, -0.2) is 75.3 Å². The molecule has 10 nitrogen and oxygen atoms in total. The van der Waals surface area contributed by atoms with Crippen molar-refractivity contribution in [1.29, 1.82) is 0 Å². The minimum absolute atomic E-state index is 0.0198. The number of hydrogen-bond acceptors (Lipinski definition) is 9. The van der Waals surface area contributed by atoms with E-state index >= 15 is 0 Å². The number of rotatable bonds is 4. The Kier molecular flexibility index (Phi) is 4.10. The number of carbonyl (C=O) groups excluding carboxylic acids is 1. The van der Waals surface area contributed by atoms with Crippen LogP contribution < -0.4 is 0 Å². The molecule has 1 aromatic heterocycles. The molecule has 3 heterocycles. The van der Waals surface area contributed by atoms with E-state index in [1.54, 1.807) is 13.8 Å². The SMILES string of the molecule is COC(=O)c1cn([C@H]2[C@@H]3OC(C)(C)O[C@H]3O[C@H]2[C@H](O)CO)nn1. The second-order valence-corrected chi connectivity index (χ2v) is 5.89. The van der Waals surface area contributed by atoms with Crippen molar-refractivity contribution < 1.29 is 34.0 Å². The Hall–Kier alpha value is -1.59. The zero-order chi connectivity index (χ0) is 16.8. The van der Waals surface area contributed by atoms with Crippen molar-refractivity contribution >= 4 is 5.97 Å². The number of hydrogen-bond donors (Lipinski definition) is 2. The summed E-state index contributed by atoms with van der Waals surface area (Å²) in [4.78, 5) is 11.5. The maximum absolute atomic E-state index is 11.5. The van der Waals surface area contributed by atoms with Crippen LogP contribution in [-0.2, 0) is 18.9 Å². The quantitative estimate of drug-likeness (QED) is 0.658. The van der Waals surface area contributed by atoms with E-state index in [2.05, 4.69) is 15.0 Å². The van der Waals surface area contributed by atoms with Gasteiger partial charge in [-0.15, -0.1) is 5.10 Å². The first-order valence-electron chi connectivity index (χ1n) is 7.16. The predicted octanol–water partition coefficient (Wildman–Crippen LogP) is -1.16. The van der Waals surface area contributed by atoms with Gasteiger partial charge < -0.3 is 29.2 Å². The fourth-order valence-corrected chi connectivity index (χ4v) is 2.86. The lowest BCUT2D eigenvalue weighted by Gasteiger charge is -2.27. The molecular formula is C13H19N3O7. The fraction of sp³-hybridized carbons (Fsp3) is 0.769. The van der Waals surface area contributed by atoms with Crippen LogP contribution in [0.1, 0.15) is 30.4 Å². The molecule has 0 saturated carbocycles. The van der Waals surface area contributed by atoms with Gasteiger partial charge in [0.15, 0.2) is 17.8 Å². The molecule has 2 N–H and O–H groups in total. The molecule has 0 aliphatic carbocycles. The van der Waals surface area contributed by atoms with Crippen molar-refractivity contribution in [2.45, 2.75) is 50.3 Å². The molecule has 128 valence electrons. The number of aromatic nitrogens is 3. The average molecular weight is 329 g/mol. The molecule has 3 rings (SSSR count). The van der Waals surface area contributed by atoms with Gasteiger partial charge in [-0.2, -0.15) is 0 Å². The summed E-state index contributed by atoms with van der Waals surface area (Å²) in [5, 5.41) is 26.9. The van der Waals surface area contributed by atoms with E-state index in [0.29, 0.717) is 0 Å². The van der Waals surface area contributed by atoms with E-state index in [4.69, 9.17) is 14.2 Å². The first-order chi connectivity index (χ1) is 10.9. The molecule has 2 aliphatic rings. The highest BCUT2D eigenvalue weighted by molar-refractivity contribution is 5.86. The van der Waals surface area contributed by atoms with Crippen LogP contribution in [0.3, 0.4) is 0 Å². The van der Waals surface area contributed by atoms with Crippen molar-refractivity contribution in [1.82, 2.24) is 15.0 Å². The molecule has 2 aliphatic heterocycles. The molecule has 0 spiro atoms. The van der Waals surface area contributed by atoms with Crippen LogP contribution >= 0.6 is 0 Å². The Morgan fingerprint density at radius 3 is 2.91 bits per heavy atom. The van der Waals surface area contributed by atoms with Gasteiger partial charge in [-0.1, -0.05) is 5.21 Å². The average Bonchev–Trinajstić information content (AvgIpc) is 3.17. The lowest BCUT2D eigenvalue weighted by Crippen LogP contribution is -2.40. The number of ether oxygens (including phenoxy) is 4. The Bertz CT molecular complexity index is 590. The molecule has 5 atom stereocenters. The Labute approximate surface area is 131 Å². The fourth-order valence-electron chi connectivity index (χ4n) is 2.86. The molecule has 0 amide bonds. The summed E-state index contributed by atoms with van der Waals surface area (Å²) < 4.78 is 23.1. The summed E-state index contributed by atoms with van der Waals surface area (Å²) in [6.07, 6.45) is -1.88. The maximum atomic E-state index is 11.5. The molecule has 2 saturated heterocycles. The molecule has 2 fully saturated rings. The van der Waals surface area contributed by atoms with Crippen LogP contribution in [0.15, 0.2) is 6.20 Å². The third-order valence-electron chi connectivity index (χ3n) is 3.83. The lowest BCUT2D eigenvalue weighted by molar-refractivity contribution is -0.221. The molecule has 10 heteroatoms. The van der Waals surface area contributed by atoms with Crippen molar-refractivity contribution in [2.24, 2.45) is 0 Å². The van der Waals surface area contributed by atoms with Crippen molar-refractivity contribution in [3.8, 4) is 0 Å². The highest BCUT2D eigenvalue weighted by atomic mass is 16.8. The Morgan fingerprint density at radius 1 is 1.52 bits per heavy atom. The third-order valence-corrected chi connectivity index (χ3v) is 3.83. The molecule has 0 bridgehead atoms. The minimum atomic E-state index is -1.16. The van der Waals surface area contributed by atoms with Gasteiger partial charge in [-0.05, 0) is 13.8 Å². The van der Waals surface area contributed by atoms with Gasteiger partial charge in [0.1, 0.15) is 24.4 Å². The van der Waals surface area contributed by atoms with E-state index < -0.39 is 49.0 Å². The standard InChI is InChI=1S/C13H19N3O7/c1-13(2)22-10-8(9(7(18)5-17)21-12(10)23-13)16-4-6(14-15-16)11(19)20-3/h4,7-10,12,17-18H,5H2,1-3H3/t7-,8-,9+,10+,12-/m1/s1. The van der Waals surface area contributed by atoms with Crippen molar-refractivity contribution in [3.63, 3.8) is 0 Å². The van der Waals surface area contributed by atoms with Crippen LogP contribution in [0, 0.1) is 0 Å². The zero-order valence-corrected chi connectivity index (χ0v) is 12.9. The second kappa shape index (κ2) is 5.80. The van der Waals surface area contributed by atoms with Crippen molar-refractivity contribution in [3.05, 3.63) is 11.9 Å². The number of methoxy groups -OCH3 is 1. The number of aliphatic hydroxyl groups is 2. The number of nitrogens with zero attached hydrogens (tertiary/aromatic N) is 3. The van der Waals surface area contributed by atoms with E-state index in [1.165, 1.54) is 18.0 Å². The van der Waals surface area contributed by atoms with Gasteiger partial charge >= 0.3 is 5.97 Å². The Balaban J connectivity index is 1.91. The number of fused-ring (bicyclic) bond motifs is 1. The largest absolute Gasteiger partial charge is 0.464 e. The van der Waals surface area contributed by atoms with Gasteiger partial charge in [-0.3, -0.25) is 0 Å². The summed E-state index contributed by atoms with van der Waals surface area (Å²) in [6.45, 7) is 2.98. The summed E-state index contributed by atoms with van der Waals surface area (Å²) in [7, 11) is 1.24. The summed E-state index contributed by atoms with van der Waals surface area (Å²) in [6, 6.07) is -0.616. The van der Waals surface area contributed by atoms with Gasteiger partial charge in [0.2, 0.25) is 0 Å². The molecule has 0 unspecified atom stereocenters. The smallest absolute Gasteiger partial charge is 0.360 e. The predicted molar refractivity (Wildman–Crippen MR) is 72.2 cm³/mol. The van der Waals surface area contributed by atoms with Gasteiger partial charge in [0.25, 0.3) is 0 Å².